The standard InChI is InChI=1S/C17H17N3OS/c1-3-13(12-21)8-9-14(4-2)20-22-16-7-5-6-15-17(16)19-11-10-18-15/h3-12,20H,1-2H3/b9-8-,13-3+,14-4+. The predicted octanol–water partition coefficient (Wildman–Crippen LogP) is 3.83. The van der Waals surface area contributed by atoms with Crippen molar-refractivity contribution in [3.8, 4) is 0 Å². The smallest absolute Gasteiger partial charge is 0.149 e. The summed E-state index contributed by atoms with van der Waals surface area (Å²) in [6.45, 7) is 3.77. The van der Waals surface area contributed by atoms with Crippen molar-refractivity contribution in [2.45, 2.75) is 18.7 Å². The number of nitrogens with one attached hydrogen (secondary N) is 1. The first-order chi connectivity index (χ1) is 10.8. The van der Waals surface area contributed by atoms with Crippen molar-refractivity contribution in [2.24, 2.45) is 0 Å². The number of allylic oxidation sites excluding steroid dienone is 5. The molecule has 2 aromatic rings. The molecule has 0 spiro atoms. The van der Waals surface area contributed by atoms with E-state index in [0.717, 1.165) is 27.9 Å². The lowest BCUT2D eigenvalue weighted by molar-refractivity contribution is -0.104. The third-order valence-corrected chi connectivity index (χ3v) is 3.86. The molecule has 0 aliphatic heterocycles. The largest absolute Gasteiger partial charge is 0.326 e. The molecule has 0 saturated heterocycles. The number of nitrogens with zero attached hydrogens (tertiary/aromatic N) is 2. The van der Waals surface area contributed by atoms with Gasteiger partial charge in [-0.25, -0.2) is 0 Å². The van der Waals surface area contributed by atoms with Crippen LogP contribution >= 0.6 is 11.9 Å². The third-order valence-electron chi connectivity index (χ3n) is 2.98. The molecule has 1 N–H and O–H groups in total. The molecular formula is C17H17N3OS. The maximum Gasteiger partial charge on any atom is 0.149 e. The third kappa shape index (κ3) is 4.05. The van der Waals surface area contributed by atoms with Crippen LogP contribution in [0.1, 0.15) is 13.8 Å². The molecule has 0 saturated carbocycles. The van der Waals surface area contributed by atoms with E-state index in [1.165, 1.54) is 11.9 Å². The lowest BCUT2D eigenvalue weighted by Gasteiger charge is -2.07. The summed E-state index contributed by atoms with van der Waals surface area (Å²) in [4.78, 5) is 20.4. The SMILES string of the molecule is C\C=C(C=O)/C=C\C(=C/C)NSc1cccc2nccnc12. The van der Waals surface area contributed by atoms with Crippen molar-refractivity contribution in [3.63, 3.8) is 0 Å². The first-order valence-electron chi connectivity index (χ1n) is 6.87. The van der Waals surface area contributed by atoms with Gasteiger partial charge in [-0.05, 0) is 50.1 Å². The molecule has 0 radical (unpaired) electrons. The van der Waals surface area contributed by atoms with Gasteiger partial charge in [-0.1, -0.05) is 18.2 Å². The van der Waals surface area contributed by atoms with Gasteiger partial charge in [-0.3, -0.25) is 14.8 Å². The van der Waals surface area contributed by atoms with Crippen LogP contribution < -0.4 is 4.72 Å². The first kappa shape index (κ1) is 16.0. The zero-order chi connectivity index (χ0) is 15.8. The first-order valence-corrected chi connectivity index (χ1v) is 7.68. The Balaban J connectivity index is 2.12. The van der Waals surface area contributed by atoms with Gasteiger partial charge in [-0.15, -0.1) is 0 Å². The van der Waals surface area contributed by atoms with Gasteiger partial charge < -0.3 is 4.72 Å². The predicted molar refractivity (Wildman–Crippen MR) is 91.2 cm³/mol. The van der Waals surface area contributed by atoms with Gasteiger partial charge in [0.2, 0.25) is 0 Å². The van der Waals surface area contributed by atoms with Crippen LogP contribution in [0.3, 0.4) is 0 Å². The molecule has 0 bridgehead atoms. The van der Waals surface area contributed by atoms with E-state index in [4.69, 9.17) is 0 Å². The molecule has 0 atom stereocenters. The summed E-state index contributed by atoms with van der Waals surface area (Å²) >= 11 is 1.47. The van der Waals surface area contributed by atoms with Crippen LogP contribution in [0.5, 0.6) is 0 Å². The number of hydrogen-bond donors (Lipinski definition) is 1. The van der Waals surface area contributed by atoms with E-state index in [1.54, 1.807) is 24.5 Å². The Morgan fingerprint density at radius 2 is 1.95 bits per heavy atom. The van der Waals surface area contributed by atoms with Gasteiger partial charge in [-0.2, -0.15) is 0 Å². The molecule has 5 heteroatoms. The highest BCUT2D eigenvalue weighted by molar-refractivity contribution is 7.97. The quantitative estimate of drug-likeness (QED) is 0.380. The van der Waals surface area contributed by atoms with Crippen molar-refractivity contribution in [3.05, 3.63) is 66.2 Å². The second-order valence-corrected chi connectivity index (χ2v) is 5.22. The van der Waals surface area contributed by atoms with Crippen LogP contribution in [-0.4, -0.2) is 16.3 Å². The van der Waals surface area contributed by atoms with Crippen molar-refractivity contribution in [2.75, 3.05) is 0 Å². The number of benzene rings is 1. The minimum absolute atomic E-state index is 0.641. The number of para-hydroxylation sites is 1. The summed E-state index contributed by atoms with van der Waals surface area (Å²) in [6, 6.07) is 5.89. The Morgan fingerprint density at radius 3 is 2.68 bits per heavy atom. The van der Waals surface area contributed by atoms with E-state index in [2.05, 4.69) is 14.7 Å². The lowest BCUT2D eigenvalue weighted by atomic mass is 10.2. The summed E-state index contributed by atoms with van der Waals surface area (Å²) in [5.41, 5.74) is 3.28. The van der Waals surface area contributed by atoms with Crippen molar-refractivity contribution in [1.29, 1.82) is 0 Å². The van der Waals surface area contributed by atoms with E-state index in [-0.39, 0.29) is 0 Å². The van der Waals surface area contributed by atoms with Crippen LogP contribution in [0.2, 0.25) is 0 Å². The number of aldehydes is 1. The monoisotopic (exact) mass is 311 g/mol. The van der Waals surface area contributed by atoms with Crippen molar-refractivity contribution in [1.82, 2.24) is 14.7 Å². The van der Waals surface area contributed by atoms with Gasteiger partial charge >= 0.3 is 0 Å². The van der Waals surface area contributed by atoms with E-state index >= 15 is 0 Å². The van der Waals surface area contributed by atoms with Gasteiger partial charge in [0.1, 0.15) is 11.8 Å². The number of aromatic nitrogens is 2. The summed E-state index contributed by atoms with van der Waals surface area (Å²) in [5.74, 6) is 0. The maximum absolute atomic E-state index is 10.8. The highest BCUT2D eigenvalue weighted by Gasteiger charge is 2.03. The van der Waals surface area contributed by atoms with E-state index in [9.17, 15) is 4.79 Å². The highest BCUT2D eigenvalue weighted by atomic mass is 32.2. The zero-order valence-electron chi connectivity index (χ0n) is 12.5. The number of carbonyl (C=O) groups excluding carboxylic acids is 1. The van der Waals surface area contributed by atoms with Crippen molar-refractivity contribution >= 4 is 29.3 Å². The van der Waals surface area contributed by atoms with Gasteiger partial charge in [0, 0.05) is 23.7 Å². The summed E-state index contributed by atoms with van der Waals surface area (Å²) in [5, 5.41) is 0. The van der Waals surface area contributed by atoms with E-state index < -0.39 is 0 Å². The Morgan fingerprint density at radius 1 is 1.14 bits per heavy atom. The summed E-state index contributed by atoms with van der Waals surface area (Å²) in [6.07, 6.45) is 11.6. The Hall–Kier alpha value is -2.40. The molecule has 2 rings (SSSR count). The fraction of sp³-hybridized carbons (Fsp3) is 0.118. The normalized spacial score (nSPS) is 12.8. The second kappa shape index (κ2) is 8.14. The van der Waals surface area contributed by atoms with Gasteiger partial charge in [0.05, 0.1) is 10.4 Å². The van der Waals surface area contributed by atoms with Crippen molar-refractivity contribution < 1.29 is 4.79 Å². The zero-order valence-corrected chi connectivity index (χ0v) is 13.3. The van der Waals surface area contributed by atoms with Crippen LogP contribution in [-0.2, 0) is 4.79 Å². The van der Waals surface area contributed by atoms with Crippen LogP contribution in [0.25, 0.3) is 11.0 Å². The Bertz CT molecular complexity index is 745. The number of carbonyl (C=O) groups is 1. The summed E-state index contributed by atoms with van der Waals surface area (Å²) in [7, 11) is 0. The van der Waals surface area contributed by atoms with E-state index in [0.29, 0.717) is 5.57 Å². The van der Waals surface area contributed by atoms with Crippen LogP contribution in [0.15, 0.2) is 71.1 Å². The molecule has 0 amide bonds. The lowest BCUT2D eigenvalue weighted by Crippen LogP contribution is -2.01. The Labute approximate surface area is 134 Å². The highest BCUT2D eigenvalue weighted by Crippen LogP contribution is 2.23. The molecule has 1 aromatic heterocycles. The minimum Gasteiger partial charge on any atom is -0.326 e. The molecule has 0 aliphatic carbocycles. The number of fused-ring (bicyclic) bond motifs is 1. The molecule has 1 heterocycles. The Kier molecular flexibility index (Phi) is 5.91. The molecule has 4 nitrogen and oxygen atoms in total. The number of rotatable bonds is 6. The fourth-order valence-corrected chi connectivity index (χ4v) is 2.56. The summed E-state index contributed by atoms with van der Waals surface area (Å²) < 4.78 is 3.26. The van der Waals surface area contributed by atoms with Crippen LogP contribution in [0, 0.1) is 0 Å². The molecule has 1 aromatic carbocycles. The number of hydrogen-bond acceptors (Lipinski definition) is 5. The van der Waals surface area contributed by atoms with E-state index in [1.807, 2.05) is 44.2 Å². The topological polar surface area (TPSA) is 54.9 Å². The maximum atomic E-state index is 10.8. The molecule has 0 unspecified atom stereocenters. The molecule has 22 heavy (non-hydrogen) atoms. The second-order valence-electron chi connectivity index (χ2n) is 4.37. The molecule has 0 fully saturated rings. The average Bonchev–Trinajstić information content (AvgIpc) is 2.58. The fourth-order valence-electron chi connectivity index (χ4n) is 1.74. The van der Waals surface area contributed by atoms with Crippen LogP contribution in [0.4, 0.5) is 0 Å². The van der Waals surface area contributed by atoms with Gasteiger partial charge in [0.15, 0.2) is 0 Å². The van der Waals surface area contributed by atoms with Gasteiger partial charge in [0.25, 0.3) is 0 Å². The molecule has 0 aliphatic rings. The average molecular weight is 311 g/mol. The molecule has 112 valence electrons. The molecular weight excluding hydrogens is 294 g/mol. The minimum atomic E-state index is 0.641.